The van der Waals surface area contributed by atoms with Crippen molar-refractivity contribution < 1.29 is 19.1 Å². The summed E-state index contributed by atoms with van der Waals surface area (Å²) in [5.74, 6) is -0.685. The highest BCUT2D eigenvalue weighted by molar-refractivity contribution is 6.31. The number of rotatable bonds is 3. The number of amides is 2. The molecule has 0 saturated carbocycles. The molecule has 1 saturated heterocycles. The Bertz CT molecular complexity index is 1660. The van der Waals surface area contributed by atoms with Crippen molar-refractivity contribution in [2.24, 2.45) is 0 Å². The first-order valence-corrected chi connectivity index (χ1v) is 13.2. The fourth-order valence-electron chi connectivity index (χ4n) is 6.55. The van der Waals surface area contributed by atoms with Crippen molar-refractivity contribution >= 4 is 45.7 Å². The number of likely N-dealkylation sites (N-methyl/N-ethyl adjacent to an activating group) is 2. The summed E-state index contributed by atoms with van der Waals surface area (Å²) >= 11 is 6.50. The van der Waals surface area contributed by atoms with Crippen molar-refractivity contribution in [2.75, 3.05) is 23.4 Å². The minimum atomic E-state index is -1.76. The van der Waals surface area contributed by atoms with Crippen molar-refractivity contribution in [1.82, 2.24) is 4.57 Å². The van der Waals surface area contributed by atoms with E-state index >= 15 is 0 Å². The predicted octanol–water partition coefficient (Wildman–Crippen LogP) is 5.49. The van der Waals surface area contributed by atoms with Gasteiger partial charge >= 0.3 is 0 Å². The number of aromatic nitrogens is 1. The Labute approximate surface area is 225 Å². The van der Waals surface area contributed by atoms with Gasteiger partial charge in [0.05, 0.1) is 11.4 Å². The van der Waals surface area contributed by atoms with Crippen LogP contribution in [-0.2, 0) is 36.8 Å². The molecular formula is C30H26ClN3O4. The number of carbonyl (C=O) groups is 2. The van der Waals surface area contributed by atoms with Gasteiger partial charge in [-0.1, -0.05) is 48.0 Å². The van der Waals surface area contributed by atoms with Crippen LogP contribution in [0.25, 0.3) is 10.9 Å². The Balaban J connectivity index is 1.55. The molecule has 192 valence electrons. The van der Waals surface area contributed by atoms with Crippen LogP contribution in [0.3, 0.4) is 0 Å². The lowest BCUT2D eigenvalue weighted by Gasteiger charge is -2.35. The van der Waals surface area contributed by atoms with Gasteiger partial charge in [0.1, 0.15) is 0 Å². The summed E-state index contributed by atoms with van der Waals surface area (Å²) < 4.78 is 15.8. The molecule has 2 spiro atoms. The van der Waals surface area contributed by atoms with Crippen LogP contribution in [0.2, 0.25) is 5.02 Å². The van der Waals surface area contributed by atoms with E-state index in [0.29, 0.717) is 34.1 Å². The van der Waals surface area contributed by atoms with Gasteiger partial charge in [-0.05, 0) is 44.2 Å². The number of benzene rings is 3. The highest BCUT2D eigenvalue weighted by Crippen LogP contribution is 2.66. The van der Waals surface area contributed by atoms with Crippen molar-refractivity contribution in [3.63, 3.8) is 0 Å². The zero-order valence-electron chi connectivity index (χ0n) is 21.3. The summed E-state index contributed by atoms with van der Waals surface area (Å²) in [5.41, 5.74) is 0.789. The largest absolute Gasteiger partial charge is 0.347 e. The molecule has 0 N–H and O–H groups in total. The van der Waals surface area contributed by atoms with Gasteiger partial charge in [-0.2, -0.15) is 0 Å². The van der Waals surface area contributed by atoms with Crippen molar-refractivity contribution in [3.8, 4) is 0 Å². The summed E-state index contributed by atoms with van der Waals surface area (Å²) in [6.07, 6.45) is 1.01. The number of nitrogens with zero attached hydrogens (tertiary/aromatic N) is 3. The lowest BCUT2D eigenvalue weighted by molar-refractivity contribution is -0.156. The van der Waals surface area contributed by atoms with E-state index in [0.717, 1.165) is 23.0 Å². The molecule has 0 aliphatic carbocycles. The number of hydrogen-bond acceptors (Lipinski definition) is 4. The third kappa shape index (κ3) is 2.61. The molecular weight excluding hydrogens is 502 g/mol. The van der Waals surface area contributed by atoms with Gasteiger partial charge in [0, 0.05) is 58.9 Å². The standard InChI is InChI=1S/C30H26ClN3O4/c1-4-33-17-20(19-10-6-8-12-23(19)33)26-37-29(21-11-7-9-13-25(21)34(5-2)28(29)36)30(38-26)22-16-18(31)14-15-24(22)32(3)27(30)35/h6-17,26H,4-5H2,1-3H3/t26-,29+,30+/m0/s1. The molecule has 4 aromatic rings. The zero-order valence-corrected chi connectivity index (χ0v) is 22.0. The third-order valence-electron chi connectivity index (χ3n) is 8.22. The van der Waals surface area contributed by atoms with Crippen LogP contribution in [0.15, 0.2) is 72.9 Å². The third-order valence-corrected chi connectivity index (χ3v) is 8.45. The predicted molar refractivity (Wildman–Crippen MR) is 145 cm³/mol. The van der Waals surface area contributed by atoms with E-state index in [1.54, 1.807) is 35.0 Å². The molecule has 3 aliphatic heterocycles. The molecule has 0 bridgehead atoms. The highest BCUT2D eigenvalue weighted by atomic mass is 35.5. The van der Waals surface area contributed by atoms with Gasteiger partial charge in [0.2, 0.25) is 11.2 Å². The van der Waals surface area contributed by atoms with Crippen molar-refractivity contribution in [2.45, 2.75) is 37.9 Å². The molecule has 3 aliphatic rings. The normalized spacial score (nSPS) is 25.8. The van der Waals surface area contributed by atoms with E-state index in [2.05, 4.69) is 11.5 Å². The van der Waals surface area contributed by atoms with Crippen LogP contribution in [0.1, 0.15) is 36.8 Å². The number of halogens is 1. The van der Waals surface area contributed by atoms with Crippen LogP contribution in [0.5, 0.6) is 0 Å². The quantitative estimate of drug-likeness (QED) is 0.353. The zero-order chi connectivity index (χ0) is 26.4. The molecule has 7 rings (SSSR count). The molecule has 2 amide bonds. The number of aryl methyl sites for hydroxylation is 1. The molecule has 38 heavy (non-hydrogen) atoms. The average Bonchev–Trinajstić information content (AvgIpc) is 3.62. The highest BCUT2D eigenvalue weighted by Gasteiger charge is 2.78. The smallest absolute Gasteiger partial charge is 0.268 e. The summed E-state index contributed by atoms with van der Waals surface area (Å²) in [4.78, 5) is 32.2. The second kappa shape index (κ2) is 7.93. The van der Waals surface area contributed by atoms with Gasteiger partial charge in [0.25, 0.3) is 11.8 Å². The lowest BCUT2D eigenvalue weighted by Crippen LogP contribution is -2.58. The molecule has 4 heterocycles. The number of carbonyl (C=O) groups excluding carboxylic acids is 2. The van der Waals surface area contributed by atoms with Crippen LogP contribution < -0.4 is 9.80 Å². The fraction of sp³-hybridized carbons (Fsp3) is 0.267. The van der Waals surface area contributed by atoms with Crippen molar-refractivity contribution in [1.29, 1.82) is 0 Å². The monoisotopic (exact) mass is 527 g/mol. The molecule has 3 aromatic carbocycles. The van der Waals surface area contributed by atoms with Crippen LogP contribution in [0.4, 0.5) is 11.4 Å². The van der Waals surface area contributed by atoms with Crippen LogP contribution in [0, 0.1) is 0 Å². The lowest BCUT2D eigenvalue weighted by atomic mass is 9.74. The average molecular weight is 528 g/mol. The molecule has 0 unspecified atom stereocenters. The van der Waals surface area contributed by atoms with E-state index in [1.165, 1.54) is 0 Å². The van der Waals surface area contributed by atoms with Crippen molar-refractivity contribution in [3.05, 3.63) is 94.6 Å². The summed E-state index contributed by atoms with van der Waals surface area (Å²) in [6, 6.07) is 20.8. The molecule has 8 heteroatoms. The minimum Gasteiger partial charge on any atom is -0.347 e. The van der Waals surface area contributed by atoms with E-state index < -0.39 is 17.5 Å². The first-order chi connectivity index (χ1) is 18.4. The summed E-state index contributed by atoms with van der Waals surface area (Å²) in [6.45, 7) is 5.15. The van der Waals surface area contributed by atoms with Gasteiger partial charge in [0.15, 0.2) is 6.29 Å². The number of hydrogen-bond donors (Lipinski definition) is 0. The molecule has 1 fully saturated rings. The van der Waals surface area contributed by atoms with Crippen LogP contribution in [-0.4, -0.2) is 30.0 Å². The number of para-hydroxylation sites is 2. The first-order valence-electron chi connectivity index (χ1n) is 12.8. The van der Waals surface area contributed by atoms with E-state index in [-0.39, 0.29) is 11.8 Å². The maximum atomic E-state index is 14.5. The molecule has 3 atom stereocenters. The SMILES string of the molecule is CCN1C(=O)[C@]2(O[C@H](c3cn(CC)c4ccccc34)O[C@]23C(=O)N(C)c2ccc(Cl)cc23)c2ccccc21. The number of ether oxygens (including phenoxy) is 2. The van der Waals surface area contributed by atoms with E-state index in [1.807, 2.05) is 61.7 Å². The van der Waals surface area contributed by atoms with Crippen LogP contribution >= 0.6 is 11.6 Å². The Morgan fingerprint density at radius 3 is 2.32 bits per heavy atom. The molecule has 1 aromatic heterocycles. The van der Waals surface area contributed by atoms with E-state index in [9.17, 15) is 9.59 Å². The maximum absolute atomic E-state index is 14.5. The van der Waals surface area contributed by atoms with Gasteiger partial charge < -0.3 is 23.8 Å². The number of anilines is 2. The Hall–Kier alpha value is -3.65. The maximum Gasteiger partial charge on any atom is 0.268 e. The summed E-state index contributed by atoms with van der Waals surface area (Å²) in [7, 11) is 1.69. The Morgan fingerprint density at radius 1 is 0.842 bits per heavy atom. The Kier molecular flexibility index (Phi) is 4.90. The molecule has 7 nitrogen and oxygen atoms in total. The minimum absolute atomic E-state index is 0.322. The van der Waals surface area contributed by atoms with Gasteiger partial charge in [-0.25, -0.2) is 0 Å². The first kappa shape index (κ1) is 23.5. The molecule has 0 radical (unpaired) electrons. The fourth-order valence-corrected chi connectivity index (χ4v) is 6.72. The second-order valence-corrected chi connectivity index (χ2v) is 10.3. The summed E-state index contributed by atoms with van der Waals surface area (Å²) in [5, 5.41) is 1.39. The van der Waals surface area contributed by atoms with E-state index in [4.69, 9.17) is 21.1 Å². The topological polar surface area (TPSA) is 64.0 Å². The second-order valence-electron chi connectivity index (χ2n) is 9.91. The van der Waals surface area contributed by atoms with Gasteiger partial charge in [-0.15, -0.1) is 0 Å². The number of fused-ring (bicyclic) bond motifs is 6. The van der Waals surface area contributed by atoms with Gasteiger partial charge in [-0.3, -0.25) is 9.59 Å². The Morgan fingerprint density at radius 2 is 1.55 bits per heavy atom.